The van der Waals surface area contributed by atoms with E-state index in [-0.39, 0.29) is 11.3 Å². The number of aromatic nitrogens is 2. The zero-order valence-electron chi connectivity index (χ0n) is 11.6. The summed E-state index contributed by atoms with van der Waals surface area (Å²) in [5.74, 6) is -0.523. The molecule has 1 fully saturated rings. The highest BCUT2D eigenvalue weighted by atomic mass is 127. The summed E-state index contributed by atoms with van der Waals surface area (Å²) in [7, 11) is 0. The lowest BCUT2D eigenvalue weighted by molar-refractivity contribution is 0.0915. The molecular weight excluding hydrogens is 400 g/mol. The highest BCUT2D eigenvalue weighted by Crippen LogP contribution is 2.41. The van der Waals surface area contributed by atoms with Crippen LogP contribution >= 0.6 is 22.6 Å². The first-order valence-electron chi connectivity index (χ1n) is 7.00. The molecule has 2 aliphatic rings. The Bertz CT molecular complexity index is 768. The van der Waals surface area contributed by atoms with Crippen molar-refractivity contribution >= 4 is 28.5 Å². The van der Waals surface area contributed by atoms with E-state index in [4.69, 9.17) is 4.74 Å². The number of hydrogen-bond acceptors (Lipinski definition) is 3. The minimum atomic E-state index is -0.406. The molecule has 2 aromatic heterocycles. The first-order valence-corrected chi connectivity index (χ1v) is 8.08. The van der Waals surface area contributed by atoms with Gasteiger partial charge in [-0.05, 0) is 35.1 Å². The van der Waals surface area contributed by atoms with Gasteiger partial charge in [0.15, 0.2) is 5.82 Å². The number of aromatic amines is 1. The quantitative estimate of drug-likeness (QED) is 0.705. The summed E-state index contributed by atoms with van der Waals surface area (Å²) in [4.78, 5) is 19.4. The van der Waals surface area contributed by atoms with Gasteiger partial charge in [0.05, 0.1) is 33.0 Å². The number of nitrogens with zero attached hydrogens (tertiary/aromatic N) is 1. The predicted octanol–water partition coefficient (Wildman–Crippen LogP) is 2.22. The number of halogens is 2. The average Bonchev–Trinajstić information content (AvgIpc) is 3.11. The summed E-state index contributed by atoms with van der Waals surface area (Å²) < 4.78 is 20.4. The van der Waals surface area contributed by atoms with Crippen molar-refractivity contribution in [3.05, 3.63) is 39.1 Å². The minimum absolute atomic E-state index is 0.117. The second kappa shape index (κ2) is 5.02. The number of hydrogen-bond donors (Lipinski definition) is 2. The second-order valence-corrected chi connectivity index (χ2v) is 6.76. The van der Waals surface area contributed by atoms with Gasteiger partial charge in [0, 0.05) is 30.6 Å². The van der Waals surface area contributed by atoms with Crippen LogP contribution in [0, 0.1) is 9.39 Å². The summed E-state index contributed by atoms with van der Waals surface area (Å²) >= 11 is 2.10. The molecule has 1 spiro atoms. The van der Waals surface area contributed by atoms with Crippen LogP contribution < -0.4 is 5.32 Å². The summed E-state index contributed by atoms with van der Waals surface area (Å²) in [6, 6.07) is 1.62. The van der Waals surface area contributed by atoms with E-state index in [2.05, 4.69) is 37.9 Å². The lowest BCUT2D eigenvalue weighted by atomic mass is 9.79. The molecule has 1 saturated heterocycles. The third-order valence-electron chi connectivity index (χ3n) is 4.43. The van der Waals surface area contributed by atoms with Gasteiger partial charge in [0.1, 0.15) is 0 Å². The largest absolute Gasteiger partial charge is 0.380 e. The molecule has 0 radical (unpaired) electrons. The topological polar surface area (TPSA) is 67.0 Å². The van der Waals surface area contributed by atoms with Crippen LogP contribution in [0.15, 0.2) is 18.5 Å². The number of pyridine rings is 1. The standard InChI is InChI=1S/C15H13FIN3O2/c16-9-5-18-3-1-8(9)12-11(17)10-13(20-12)15(2-4-22-7-15)6-19-14(10)21/h1,3,5,20H,2,4,6-7H2,(H,19,21). The van der Waals surface area contributed by atoms with Crippen molar-refractivity contribution in [3.8, 4) is 11.3 Å². The zero-order chi connectivity index (χ0) is 15.3. The van der Waals surface area contributed by atoms with Crippen molar-refractivity contribution in [2.24, 2.45) is 0 Å². The number of carbonyl (C=O) groups excluding carboxylic acids is 1. The molecule has 5 nitrogen and oxygen atoms in total. The van der Waals surface area contributed by atoms with Crippen molar-refractivity contribution < 1.29 is 13.9 Å². The Kier molecular flexibility index (Phi) is 3.23. The van der Waals surface area contributed by atoms with Crippen LogP contribution in [0.2, 0.25) is 0 Å². The molecule has 1 unspecified atom stereocenters. The minimum Gasteiger partial charge on any atom is -0.380 e. The van der Waals surface area contributed by atoms with Gasteiger partial charge < -0.3 is 15.0 Å². The van der Waals surface area contributed by atoms with Gasteiger partial charge in [-0.15, -0.1) is 0 Å². The fourth-order valence-electron chi connectivity index (χ4n) is 3.22. The first-order chi connectivity index (χ1) is 10.6. The van der Waals surface area contributed by atoms with Gasteiger partial charge in [0.25, 0.3) is 5.91 Å². The maximum absolute atomic E-state index is 14.1. The van der Waals surface area contributed by atoms with Crippen molar-refractivity contribution in [1.82, 2.24) is 15.3 Å². The first kappa shape index (κ1) is 14.1. The Hall–Kier alpha value is -1.48. The lowest BCUT2D eigenvalue weighted by Gasteiger charge is -2.32. The Balaban J connectivity index is 1.94. The fourth-order valence-corrected chi connectivity index (χ4v) is 4.16. The van der Waals surface area contributed by atoms with Crippen molar-refractivity contribution in [3.63, 3.8) is 0 Å². The SMILES string of the molecule is O=C1NCC2(CCOC2)c2[nH]c(-c3ccncc3F)c(I)c21. The molecular formula is C15H13FIN3O2. The van der Waals surface area contributed by atoms with Crippen LogP contribution in [-0.4, -0.2) is 35.6 Å². The second-order valence-electron chi connectivity index (χ2n) is 5.69. The van der Waals surface area contributed by atoms with E-state index in [1.807, 2.05) is 0 Å². The number of amides is 1. The van der Waals surface area contributed by atoms with Gasteiger partial charge in [-0.25, -0.2) is 4.39 Å². The number of rotatable bonds is 1. The van der Waals surface area contributed by atoms with Gasteiger partial charge >= 0.3 is 0 Å². The van der Waals surface area contributed by atoms with Gasteiger partial charge in [-0.1, -0.05) is 0 Å². The molecule has 0 bridgehead atoms. The van der Waals surface area contributed by atoms with Crippen molar-refractivity contribution in [2.45, 2.75) is 11.8 Å². The average molecular weight is 413 g/mol. The maximum Gasteiger partial charge on any atom is 0.254 e. The van der Waals surface area contributed by atoms with E-state index in [0.717, 1.165) is 15.7 Å². The molecule has 0 aliphatic carbocycles. The van der Waals surface area contributed by atoms with Gasteiger partial charge in [-0.2, -0.15) is 0 Å². The normalized spacial score (nSPS) is 23.6. The van der Waals surface area contributed by atoms with Crippen molar-refractivity contribution in [2.75, 3.05) is 19.8 Å². The highest BCUT2D eigenvalue weighted by molar-refractivity contribution is 14.1. The number of carbonyl (C=O) groups is 1. The van der Waals surface area contributed by atoms with Crippen LogP contribution in [0.5, 0.6) is 0 Å². The van der Waals surface area contributed by atoms with Crippen LogP contribution in [-0.2, 0) is 10.2 Å². The monoisotopic (exact) mass is 413 g/mol. The van der Waals surface area contributed by atoms with Crippen LogP contribution in [0.25, 0.3) is 11.3 Å². The third kappa shape index (κ3) is 1.91. The molecule has 4 heterocycles. The molecule has 0 saturated carbocycles. The summed E-state index contributed by atoms with van der Waals surface area (Å²) in [5, 5.41) is 2.94. The predicted molar refractivity (Wildman–Crippen MR) is 86.1 cm³/mol. The summed E-state index contributed by atoms with van der Waals surface area (Å²) in [5.41, 5.74) is 2.31. The van der Waals surface area contributed by atoms with E-state index in [1.54, 1.807) is 12.3 Å². The molecule has 1 amide bonds. The Morgan fingerprint density at radius 2 is 2.32 bits per heavy atom. The molecule has 1 atom stereocenters. The smallest absolute Gasteiger partial charge is 0.254 e. The summed E-state index contributed by atoms with van der Waals surface area (Å²) in [6.07, 6.45) is 3.57. The lowest BCUT2D eigenvalue weighted by Crippen LogP contribution is -2.47. The molecule has 0 aromatic carbocycles. The molecule has 2 N–H and O–H groups in total. The van der Waals surface area contributed by atoms with E-state index in [9.17, 15) is 9.18 Å². The van der Waals surface area contributed by atoms with Crippen LogP contribution in [0.4, 0.5) is 4.39 Å². The van der Waals surface area contributed by atoms with E-state index in [0.29, 0.717) is 36.6 Å². The van der Waals surface area contributed by atoms with E-state index in [1.165, 1.54) is 6.20 Å². The highest BCUT2D eigenvalue weighted by Gasteiger charge is 2.45. The number of H-pyrrole nitrogens is 1. The fraction of sp³-hybridized carbons (Fsp3) is 0.333. The number of fused-ring (bicyclic) bond motifs is 2. The Morgan fingerprint density at radius 1 is 1.45 bits per heavy atom. The number of ether oxygens (including phenoxy) is 1. The van der Waals surface area contributed by atoms with Crippen molar-refractivity contribution in [1.29, 1.82) is 0 Å². The van der Waals surface area contributed by atoms with Crippen LogP contribution in [0.3, 0.4) is 0 Å². The zero-order valence-corrected chi connectivity index (χ0v) is 13.7. The maximum atomic E-state index is 14.1. The molecule has 114 valence electrons. The van der Waals surface area contributed by atoms with E-state index >= 15 is 0 Å². The Morgan fingerprint density at radius 3 is 3.05 bits per heavy atom. The van der Waals surface area contributed by atoms with E-state index < -0.39 is 5.82 Å². The molecule has 22 heavy (non-hydrogen) atoms. The molecule has 2 aromatic rings. The molecule has 2 aliphatic heterocycles. The van der Waals surface area contributed by atoms with Crippen LogP contribution in [0.1, 0.15) is 22.5 Å². The van der Waals surface area contributed by atoms with Gasteiger partial charge in [0.2, 0.25) is 0 Å². The molecule has 7 heteroatoms. The number of nitrogens with one attached hydrogen (secondary N) is 2. The summed E-state index contributed by atoms with van der Waals surface area (Å²) in [6.45, 7) is 1.78. The van der Waals surface area contributed by atoms with Gasteiger partial charge in [-0.3, -0.25) is 9.78 Å². The molecule has 4 rings (SSSR count). The Labute approximate surface area is 139 Å². The third-order valence-corrected chi connectivity index (χ3v) is 5.51.